The molecular weight excluding hydrogens is 503 g/mol. The number of hydrogen-bond acceptors (Lipinski definition) is 4. The Morgan fingerprint density at radius 2 is 2.03 bits per heavy atom. The van der Waals surface area contributed by atoms with Crippen LogP contribution in [0.3, 0.4) is 0 Å². The number of fused-ring (bicyclic) bond motifs is 1. The van der Waals surface area contributed by atoms with Crippen molar-refractivity contribution in [1.82, 2.24) is 35.2 Å². The first-order valence-electron chi connectivity index (χ1n) is 10.6. The molecule has 9 heteroatoms. The molecule has 31 heavy (non-hydrogen) atoms. The molecular formula is C22H31IN8. The molecule has 3 heterocycles. The van der Waals surface area contributed by atoms with Crippen LogP contribution in [0, 0.1) is 13.8 Å². The molecule has 0 amide bonds. The van der Waals surface area contributed by atoms with Crippen LogP contribution in [0.1, 0.15) is 41.9 Å². The van der Waals surface area contributed by atoms with E-state index in [1.165, 1.54) is 5.56 Å². The summed E-state index contributed by atoms with van der Waals surface area (Å²) >= 11 is 0. The molecule has 0 saturated carbocycles. The largest absolute Gasteiger partial charge is 0.352 e. The number of hydrogen-bond donors (Lipinski definition) is 2. The van der Waals surface area contributed by atoms with Gasteiger partial charge in [-0.25, -0.2) is 14.3 Å². The molecule has 0 fully saturated rings. The first-order chi connectivity index (χ1) is 14.6. The molecule has 3 aromatic rings. The molecule has 1 unspecified atom stereocenters. The van der Waals surface area contributed by atoms with E-state index < -0.39 is 0 Å². The van der Waals surface area contributed by atoms with Crippen LogP contribution in [0.25, 0.3) is 5.69 Å². The second-order valence-electron chi connectivity index (χ2n) is 7.75. The number of guanidine groups is 1. The molecule has 166 valence electrons. The molecule has 2 N–H and O–H groups in total. The molecule has 0 bridgehead atoms. The zero-order valence-corrected chi connectivity index (χ0v) is 20.9. The lowest BCUT2D eigenvalue weighted by atomic mass is 10.1. The van der Waals surface area contributed by atoms with Crippen LogP contribution in [0.4, 0.5) is 0 Å². The molecule has 1 aliphatic rings. The third-order valence-corrected chi connectivity index (χ3v) is 5.46. The Hall–Kier alpha value is -2.43. The summed E-state index contributed by atoms with van der Waals surface area (Å²) in [7, 11) is 1.81. The Morgan fingerprint density at radius 3 is 2.74 bits per heavy atom. The Bertz CT molecular complexity index is 1050. The number of para-hydroxylation sites is 1. The zero-order valence-electron chi connectivity index (χ0n) is 18.6. The van der Waals surface area contributed by atoms with Gasteiger partial charge in [0, 0.05) is 38.2 Å². The number of halogens is 1. The number of nitrogens with one attached hydrogen (secondary N) is 2. The van der Waals surface area contributed by atoms with Crippen molar-refractivity contribution in [2.24, 2.45) is 4.99 Å². The summed E-state index contributed by atoms with van der Waals surface area (Å²) in [5.41, 5.74) is 4.40. The maximum atomic E-state index is 4.64. The predicted octanol–water partition coefficient (Wildman–Crippen LogP) is 2.94. The maximum absolute atomic E-state index is 4.64. The van der Waals surface area contributed by atoms with Gasteiger partial charge in [-0.15, -0.1) is 24.0 Å². The fourth-order valence-corrected chi connectivity index (χ4v) is 3.93. The highest BCUT2D eigenvalue weighted by Gasteiger charge is 2.22. The minimum atomic E-state index is 0. The number of aliphatic imine (C=N–C) groups is 1. The normalized spacial score (nSPS) is 15.9. The lowest BCUT2D eigenvalue weighted by Gasteiger charge is -2.25. The van der Waals surface area contributed by atoms with Crippen molar-refractivity contribution in [3.05, 3.63) is 58.9 Å². The maximum Gasteiger partial charge on any atom is 0.191 e. The van der Waals surface area contributed by atoms with E-state index >= 15 is 0 Å². The van der Waals surface area contributed by atoms with Crippen molar-refractivity contribution in [1.29, 1.82) is 0 Å². The van der Waals surface area contributed by atoms with E-state index in [0.29, 0.717) is 6.54 Å². The minimum Gasteiger partial charge on any atom is -0.352 e. The van der Waals surface area contributed by atoms with Crippen LogP contribution >= 0.6 is 24.0 Å². The predicted molar refractivity (Wildman–Crippen MR) is 133 cm³/mol. The van der Waals surface area contributed by atoms with Crippen molar-refractivity contribution in [2.45, 2.75) is 59.2 Å². The van der Waals surface area contributed by atoms with Gasteiger partial charge in [0.15, 0.2) is 11.8 Å². The summed E-state index contributed by atoms with van der Waals surface area (Å²) in [5, 5.41) is 16.2. The summed E-state index contributed by atoms with van der Waals surface area (Å²) < 4.78 is 4.03. The quantitative estimate of drug-likeness (QED) is 0.299. The summed E-state index contributed by atoms with van der Waals surface area (Å²) in [6.07, 6.45) is 2.82. The minimum absolute atomic E-state index is 0. The lowest BCUT2D eigenvalue weighted by molar-refractivity contribution is 0.392. The van der Waals surface area contributed by atoms with Gasteiger partial charge in [-0.3, -0.25) is 4.99 Å². The molecule has 0 saturated heterocycles. The molecule has 1 aliphatic heterocycles. The van der Waals surface area contributed by atoms with Gasteiger partial charge in [0.1, 0.15) is 5.82 Å². The second kappa shape index (κ2) is 10.3. The van der Waals surface area contributed by atoms with Crippen molar-refractivity contribution >= 4 is 29.9 Å². The zero-order chi connectivity index (χ0) is 21.1. The van der Waals surface area contributed by atoms with Crippen LogP contribution in [0.2, 0.25) is 0 Å². The number of nitrogens with zero attached hydrogens (tertiary/aromatic N) is 6. The fourth-order valence-electron chi connectivity index (χ4n) is 3.93. The smallest absolute Gasteiger partial charge is 0.191 e. The highest BCUT2D eigenvalue weighted by molar-refractivity contribution is 14.0. The van der Waals surface area contributed by atoms with E-state index in [4.69, 9.17) is 0 Å². The second-order valence-corrected chi connectivity index (χ2v) is 7.75. The standard InChI is InChI=1S/C22H30N8.HI/c1-5-20-26-21-11-10-18(14-29(21)28-20)25-22(23-4)24-13-17-8-6-7-9-19(17)30-16(3)12-15(2)27-30;/h6-9,12,18H,5,10-11,13-14H2,1-4H3,(H2,23,24,25);1H. The molecule has 0 aliphatic carbocycles. The summed E-state index contributed by atoms with van der Waals surface area (Å²) in [4.78, 5) is 9.02. The van der Waals surface area contributed by atoms with Crippen LogP contribution in [0.15, 0.2) is 35.3 Å². The van der Waals surface area contributed by atoms with E-state index in [1.807, 2.05) is 22.4 Å². The first kappa shape index (κ1) is 23.2. The highest BCUT2D eigenvalue weighted by Crippen LogP contribution is 2.17. The van der Waals surface area contributed by atoms with Crippen LogP contribution in [0.5, 0.6) is 0 Å². The van der Waals surface area contributed by atoms with Gasteiger partial charge < -0.3 is 10.6 Å². The van der Waals surface area contributed by atoms with E-state index in [0.717, 1.165) is 60.5 Å². The fraction of sp³-hybridized carbons (Fsp3) is 0.455. The average molecular weight is 534 g/mol. The van der Waals surface area contributed by atoms with Gasteiger partial charge in [0.2, 0.25) is 0 Å². The highest BCUT2D eigenvalue weighted by atomic mass is 127. The topological polar surface area (TPSA) is 85.0 Å². The van der Waals surface area contributed by atoms with Crippen LogP contribution in [-0.4, -0.2) is 43.6 Å². The van der Waals surface area contributed by atoms with Crippen molar-refractivity contribution in [3.8, 4) is 5.69 Å². The third-order valence-electron chi connectivity index (χ3n) is 5.46. The Balaban J connectivity index is 0.00000272. The van der Waals surface area contributed by atoms with Crippen molar-refractivity contribution in [2.75, 3.05) is 7.05 Å². The molecule has 8 nitrogen and oxygen atoms in total. The summed E-state index contributed by atoms with van der Waals surface area (Å²) in [6, 6.07) is 10.7. The van der Waals surface area contributed by atoms with Gasteiger partial charge in [-0.1, -0.05) is 25.1 Å². The van der Waals surface area contributed by atoms with E-state index in [1.54, 1.807) is 7.05 Å². The SMILES string of the molecule is CCc1nc2n(n1)CC(NC(=NC)NCc1ccccc1-n1nc(C)cc1C)CC2.I. The summed E-state index contributed by atoms with van der Waals surface area (Å²) in [5.74, 6) is 2.81. The van der Waals surface area contributed by atoms with E-state index in [-0.39, 0.29) is 30.0 Å². The Morgan fingerprint density at radius 1 is 1.23 bits per heavy atom. The first-order valence-corrected chi connectivity index (χ1v) is 10.6. The number of rotatable bonds is 5. The van der Waals surface area contributed by atoms with Crippen LogP contribution < -0.4 is 10.6 Å². The van der Waals surface area contributed by atoms with Crippen molar-refractivity contribution in [3.63, 3.8) is 0 Å². The van der Waals surface area contributed by atoms with Gasteiger partial charge in [0.05, 0.1) is 17.9 Å². The van der Waals surface area contributed by atoms with Crippen molar-refractivity contribution < 1.29 is 0 Å². The monoisotopic (exact) mass is 534 g/mol. The molecule has 1 aromatic carbocycles. The van der Waals surface area contributed by atoms with Gasteiger partial charge in [-0.05, 0) is 38.0 Å². The van der Waals surface area contributed by atoms with Gasteiger partial charge in [-0.2, -0.15) is 10.2 Å². The summed E-state index contributed by atoms with van der Waals surface area (Å²) in [6.45, 7) is 7.66. The number of aryl methyl sites for hydroxylation is 4. The molecule has 4 rings (SSSR count). The van der Waals surface area contributed by atoms with Crippen LogP contribution in [-0.2, 0) is 25.9 Å². The molecule has 0 spiro atoms. The number of aromatic nitrogens is 5. The lowest BCUT2D eigenvalue weighted by Crippen LogP contribution is -2.46. The van der Waals surface area contributed by atoms with Gasteiger partial charge in [0.25, 0.3) is 0 Å². The van der Waals surface area contributed by atoms with Gasteiger partial charge >= 0.3 is 0 Å². The Kier molecular flexibility index (Phi) is 7.69. The average Bonchev–Trinajstić information content (AvgIpc) is 3.32. The number of benzene rings is 1. The van der Waals surface area contributed by atoms with E-state index in [9.17, 15) is 0 Å². The third kappa shape index (κ3) is 5.25. The molecule has 0 radical (unpaired) electrons. The Labute approximate surface area is 200 Å². The molecule has 2 aromatic heterocycles. The molecule has 1 atom stereocenters. The van der Waals surface area contributed by atoms with E-state index in [2.05, 4.69) is 68.9 Å².